The van der Waals surface area contributed by atoms with Crippen molar-refractivity contribution < 1.29 is 9.53 Å². The molecule has 0 fully saturated rings. The van der Waals surface area contributed by atoms with E-state index >= 15 is 0 Å². The molecule has 0 saturated carbocycles. The van der Waals surface area contributed by atoms with Crippen molar-refractivity contribution in [3.8, 4) is 0 Å². The van der Waals surface area contributed by atoms with Crippen molar-refractivity contribution in [3.63, 3.8) is 0 Å². The van der Waals surface area contributed by atoms with E-state index < -0.39 is 5.97 Å². The van der Waals surface area contributed by atoms with Gasteiger partial charge in [0.05, 0.1) is 18.8 Å². The number of H-pyrrole nitrogens is 1. The molecule has 0 bridgehead atoms. The number of methoxy groups -OCH3 is 1. The minimum atomic E-state index is -0.416. The minimum Gasteiger partial charge on any atom is -0.464 e. The molecule has 0 aliphatic rings. The molecule has 2 aromatic heterocycles. The molecule has 2 rings (SSSR count). The highest BCUT2D eigenvalue weighted by atomic mass is 16.5. The van der Waals surface area contributed by atoms with E-state index in [0.717, 1.165) is 10.9 Å². The fourth-order valence-electron chi connectivity index (χ4n) is 1.29. The first-order chi connectivity index (χ1) is 6.72. The van der Waals surface area contributed by atoms with Crippen LogP contribution in [0.2, 0.25) is 0 Å². The van der Waals surface area contributed by atoms with Crippen molar-refractivity contribution >= 4 is 30.2 Å². The number of hydrogen-bond acceptors (Lipinski definition) is 3. The van der Waals surface area contributed by atoms with E-state index in [1.54, 1.807) is 12.3 Å². The summed E-state index contributed by atoms with van der Waals surface area (Å²) >= 11 is 0. The van der Waals surface area contributed by atoms with Crippen LogP contribution in [-0.4, -0.2) is 30.9 Å². The van der Waals surface area contributed by atoms with Gasteiger partial charge in [0, 0.05) is 6.20 Å². The molecule has 0 aliphatic heterocycles. The topological polar surface area (TPSA) is 55.0 Å². The van der Waals surface area contributed by atoms with Gasteiger partial charge >= 0.3 is 5.97 Å². The predicted molar refractivity (Wildman–Crippen MR) is 52.8 cm³/mol. The summed E-state index contributed by atoms with van der Waals surface area (Å²) in [5.74, 6) is -0.416. The molecule has 2 heterocycles. The number of carbonyl (C=O) groups is 1. The van der Waals surface area contributed by atoms with Gasteiger partial charge < -0.3 is 9.72 Å². The number of rotatable bonds is 1. The highest BCUT2D eigenvalue weighted by molar-refractivity contribution is 6.38. The Hall–Kier alpha value is -1.78. The highest BCUT2D eigenvalue weighted by Crippen LogP contribution is 2.11. The third kappa shape index (κ3) is 1.27. The molecule has 4 nitrogen and oxygen atoms in total. The average Bonchev–Trinajstić information content (AvgIpc) is 2.62. The standard InChI is InChI=1S/C9H7BN2O2/c1-14-9(13)7-2-5-6(10)3-11-4-8(5)12-7/h2-4,12H,1H3. The maximum Gasteiger partial charge on any atom is 0.354 e. The second kappa shape index (κ2) is 3.18. The maximum atomic E-state index is 11.2. The quantitative estimate of drug-likeness (QED) is 0.509. The first kappa shape index (κ1) is 8.81. The van der Waals surface area contributed by atoms with Crippen LogP contribution in [0.3, 0.4) is 0 Å². The summed E-state index contributed by atoms with van der Waals surface area (Å²) in [6.07, 6.45) is 3.15. The molecule has 0 spiro atoms. The number of nitrogens with zero attached hydrogens (tertiary/aromatic N) is 1. The molecule has 0 aliphatic carbocycles. The summed E-state index contributed by atoms with van der Waals surface area (Å²) in [5, 5.41) is 0.778. The maximum absolute atomic E-state index is 11.2. The molecule has 0 aromatic carbocycles. The largest absolute Gasteiger partial charge is 0.464 e. The van der Waals surface area contributed by atoms with E-state index in [4.69, 9.17) is 7.85 Å². The van der Waals surface area contributed by atoms with E-state index in [0.29, 0.717) is 11.2 Å². The van der Waals surface area contributed by atoms with Crippen LogP contribution in [0.15, 0.2) is 18.5 Å². The molecular formula is C9H7BN2O2. The van der Waals surface area contributed by atoms with Crippen LogP contribution < -0.4 is 5.46 Å². The smallest absolute Gasteiger partial charge is 0.354 e. The van der Waals surface area contributed by atoms with Gasteiger partial charge in [0.25, 0.3) is 0 Å². The second-order valence-electron chi connectivity index (χ2n) is 2.86. The van der Waals surface area contributed by atoms with Crippen LogP contribution in [0.4, 0.5) is 0 Å². The summed E-state index contributed by atoms with van der Waals surface area (Å²) in [4.78, 5) is 18.0. The number of pyridine rings is 1. The van der Waals surface area contributed by atoms with Gasteiger partial charge in [-0.25, -0.2) is 4.79 Å². The van der Waals surface area contributed by atoms with Gasteiger partial charge in [-0.05, 0) is 11.5 Å². The first-order valence-corrected chi connectivity index (χ1v) is 4.03. The van der Waals surface area contributed by atoms with E-state index in [-0.39, 0.29) is 0 Å². The summed E-state index contributed by atoms with van der Waals surface area (Å²) < 4.78 is 4.57. The van der Waals surface area contributed by atoms with Crippen molar-refractivity contribution in [3.05, 3.63) is 24.2 Å². The van der Waals surface area contributed by atoms with Crippen molar-refractivity contribution in [2.24, 2.45) is 0 Å². The average molecular weight is 186 g/mol. The lowest BCUT2D eigenvalue weighted by Gasteiger charge is -1.92. The lowest BCUT2D eigenvalue weighted by molar-refractivity contribution is 0.0595. The number of esters is 1. The van der Waals surface area contributed by atoms with Crippen LogP contribution in [0.1, 0.15) is 10.5 Å². The van der Waals surface area contributed by atoms with Gasteiger partial charge in [-0.1, -0.05) is 5.46 Å². The Balaban J connectivity index is 2.62. The summed E-state index contributed by atoms with van der Waals surface area (Å²) in [6, 6.07) is 1.65. The van der Waals surface area contributed by atoms with Gasteiger partial charge in [-0.15, -0.1) is 0 Å². The zero-order valence-electron chi connectivity index (χ0n) is 7.57. The minimum absolute atomic E-state index is 0.377. The number of aromatic nitrogens is 2. The van der Waals surface area contributed by atoms with E-state index in [1.807, 2.05) is 0 Å². The summed E-state index contributed by atoms with van der Waals surface area (Å²) in [5.41, 5.74) is 1.64. The first-order valence-electron chi connectivity index (χ1n) is 4.03. The number of ether oxygens (including phenoxy) is 1. The van der Waals surface area contributed by atoms with Crippen molar-refractivity contribution in [1.82, 2.24) is 9.97 Å². The Morgan fingerprint density at radius 3 is 3.00 bits per heavy atom. The van der Waals surface area contributed by atoms with E-state index in [2.05, 4.69) is 14.7 Å². The highest BCUT2D eigenvalue weighted by Gasteiger charge is 2.09. The molecular weight excluding hydrogens is 179 g/mol. The monoisotopic (exact) mass is 186 g/mol. The van der Waals surface area contributed by atoms with Gasteiger partial charge in [0.2, 0.25) is 0 Å². The zero-order valence-corrected chi connectivity index (χ0v) is 7.57. The Bertz CT molecular complexity index is 493. The zero-order chi connectivity index (χ0) is 10.1. The number of fused-ring (bicyclic) bond motifs is 1. The molecule has 0 amide bonds. The number of carbonyl (C=O) groups excluding carboxylic acids is 1. The number of aromatic amines is 1. The summed E-state index contributed by atoms with van der Waals surface area (Å²) in [7, 11) is 7.01. The van der Waals surface area contributed by atoms with Crippen molar-refractivity contribution in [2.75, 3.05) is 7.11 Å². The SMILES string of the molecule is [B]c1cncc2[nH]c(C(=O)OC)cc12. The normalized spacial score (nSPS) is 10.4. The van der Waals surface area contributed by atoms with Crippen molar-refractivity contribution in [2.45, 2.75) is 0 Å². The third-order valence-electron chi connectivity index (χ3n) is 1.98. The van der Waals surface area contributed by atoms with Crippen molar-refractivity contribution in [1.29, 1.82) is 0 Å². The Morgan fingerprint density at radius 1 is 1.57 bits per heavy atom. The summed E-state index contributed by atoms with van der Waals surface area (Å²) in [6.45, 7) is 0. The number of hydrogen-bond donors (Lipinski definition) is 1. The van der Waals surface area contributed by atoms with Crippen LogP contribution in [-0.2, 0) is 4.74 Å². The Morgan fingerprint density at radius 2 is 2.36 bits per heavy atom. The lowest BCUT2D eigenvalue weighted by Crippen LogP contribution is -2.02. The fourth-order valence-corrected chi connectivity index (χ4v) is 1.29. The Labute approximate surface area is 81.7 Å². The molecule has 1 N–H and O–H groups in total. The lowest BCUT2D eigenvalue weighted by atomic mass is 9.95. The fraction of sp³-hybridized carbons (Fsp3) is 0.111. The van der Waals surface area contributed by atoms with Gasteiger partial charge in [0.15, 0.2) is 0 Å². The number of nitrogens with one attached hydrogen (secondary N) is 1. The van der Waals surface area contributed by atoms with Gasteiger partial charge in [-0.2, -0.15) is 0 Å². The van der Waals surface area contributed by atoms with Gasteiger partial charge in [-0.3, -0.25) is 4.98 Å². The Kier molecular flexibility index (Phi) is 2.00. The third-order valence-corrected chi connectivity index (χ3v) is 1.98. The van der Waals surface area contributed by atoms with E-state index in [9.17, 15) is 4.79 Å². The molecule has 2 radical (unpaired) electrons. The molecule has 0 saturated heterocycles. The predicted octanol–water partition coefficient (Wildman–Crippen LogP) is 0.143. The van der Waals surface area contributed by atoms with Crippen LogP contribution in [0.25, 0.3) is 10.9 Å². The van der Waals surface area contributed by atoms with Gasteiger partial charge in [0.1, 0.15) is 13.5 Å². The van der Waals surface area contributed by atoms with Crippen LogP contribution in [0.5, 0.6) is 0 Å². The molecule has 68 valence electrons. The second-order valence-corrected chi connectivity index (χ2v) is 2.86. The van der Waals surface area contributed by atoms with Crippen LogP contribution >= 0.6 is 0 Å². The molecule has 0 atom stereocenters. The molecule has 2 aromatic rings. The molecule has 0 unspecified atom stereocenters. The van der Waals surface area contributed by atoms with Crippen LogP contribution in [0, 0.1) is 0 Å². The molecule has 14 heavy (non-hydrogen) atoms. The van der Waals surface area contributed by atoms with E-state index in [1.165, 1.54) is 13.3 Å². The molecule has 5 heteroatoms.